The number of ketones is 2. The fourth-order valence-electron chi connectivity index (χ4n) is 7.91. The van der Waals surface area contributed by atoms with Crippen LogP contribution >= 0.6 is 11.6 Å². The number of anilines is 1. The second-order valence-corrected chi connectivity index (χ2v) is 12.5. The van der Waals surface area contributed by atoms with Crippen molar-refractivity contribution in [2.24, 2.45) is 29.1 Å². The number of carboxylic acid groups (broad SMARTS) is 1. The van der Waals surface area contributed by atoms with Crippen LogP contribution in [0.3, 0.4) is 0 Å². The number of amides is 2. The molecule has 9 nitrogen and oxygen atoms in total. The van der Waals surface area contributed by atoms with Crippen LogP contribution in [0.2, 0.25) is 5.02 Å². The van der Waals surface area contributed by atoms with Crippen LogP contribution in [0.15, 0.2) is 59.2 Å². The number of fused-ring (bicyclic) bond motifs is 4. The van der Waals surface area contributed by atoms with Crippen molar-refractivity contribution in [2.45, 2.75) is 39.5 Å². The number of imide groups is 1. The van der Waals surface area contributed by atoms with Gasteiger partial charge in [0, 0.05) is 11.8 Å². The fraction of sp³-hybridized carbons (Fsp3) is 0.364. The van der Waals surface area contributed by atoms with Crippen molar-refractivity contribution in [1.82, 2.24) is 0 Å². The van der Waals surface area contributed by atoms with Crippen LogP contribution in [0.4, 0.5) is 5.69 Å². The van der Waals surface area contributed by atoms with Gasteiger partial charge in [-0.05, 0) is 79.6 Å². The number of Topliss-reactive ketones (excluding diaryl/α,β-unsaturated/α-hetero) is 2. The number of carboxylic acids is 1. The van der Waals surface area contributed by atoms with Crippen molar-refractivity contribution in [3.63, 3.8) is 0 Å². The Morgan fingerprint density at radius 2 is 1.77 bits per heavy atom. The summed E-state index contributed by atoms with van der Waals surface area (Å²) in [5.74, 6) is -6.11. The summed E-state index contributed by atoms with van der Waals surface area (Å²) in [6.07, 6.45) is 2.33. The SMILES string of the molecule is COc1cc([C@H]2C3=CC[C@@H]4C(=O)N(c5cccc(C(=O)O)c5)C(=O)[C@@H]4[C@@H]3C[C@H]3C(=O)C(C)=C(C)C(=O)[C@@]23C)cc(Cl)c1O. The number of ether oxygens (including phenoxy) is 1. The normalized spacial score (nSPS) is 30.1. The molecule has 0 radical (unpaired) electrons. The second kappa shape index (κ2) is 9.91. The number of phenols is 1. The van der Waals surface area contributed by atoms with E-state index in [2.05, 4.69) is 0 Å². The zero-order valence-electron chi connectivity index (χ0n) is 24.0. The number of rotatable bonds is 4. The van der Waals surface area contributed by atoms with E-state index in [1.54, 1.807) is 32.9 Å². The first kappa shape index (κ1) is 28.9. The number of allylic oxidation sites excluding steroid dienone is 4. The van der Waals surface area contributed by atoms with Crippen LogP contribution in [0, 0.1) is 29.1 Å². The van der Waals surface area contributed by atoms with Gasteiger partial charge in [-0.15, -0.1) is 0 Å². The van der Waals surface area contributed by atoms with E-state index in [0.29, 0.717) is 16.7 Å². The molecular weight excluding hydrogens is 574 g/mol. The summed E-state index contributed by atoms with van der Waals surface area (Å²) in [7, 11) is 1.39. The van der Waals surface area contributed by atoms with Gasteiger partial charge in [0.05, 0.1) is 40.6 Å². The molecule has 2 aromatic rings. The Balaban J connectivity index is 1.52. The number of aromatic hydroxyl groups is 1. The van der Waals surface area contributed by atoms with Crippen molar-refractivity contribution >= 4 is 46.6 Å². The van der Waals surface area contributed by atoms with Crippen LogP contribution in [0.5, 0.6) is 11.5 Å². The summed E-state index contributed by atoms with van der Waals surface area (Å²) in [4.78, 5) is 68.6. The molecule has 1 saturated carbocycles. The monoisotopic (exact) mass is 603 g/mol. The lowest BCUT2D eigenvalue weighted by Gasteiger charge is -2.54. The summed E-state index contributed by atoms with van der Waals surface area (Å²) in [5.41, 5.74) is 0.988. The van der Waals surface area contributed by atoms with E-state index < -0.39 is 52.8 Å². The first-order chi connectivity index (χ1) is 20.3. The lowest BCUT2D eigenvalue weighted by Crippen LogP contribution is -2.55. The van der Waals surface area contributed by atoms with Gasteiger partial charge in [0.1, 0.15) is 0 Å². The van der Waals surface area contributed by atoms with E-state index in [1.807, 2.05) is 6.08 Å². The highest BCUT2D eigenvalue weighted by atomic mass is 35.5. The summed E-state index contributed by atoms with van der Waals surface area (Å²) < 4.78 is 5.38. The van der Waals surface area contributed by atoms with Crippen LogP contribution in [-0.2, 0) is 19.2 Å². The maximum absolute atomic E-state index is 14.1. The third-order valence-electron chi connectivity index (χ3n) is 10.1. The standard InChI is InChI=1S/C33H30ClNO8/c1-14-15(2)29(38)33(3)22(27(14)36)13-21-19(26(33)17-11-23(34)28(37)24(12-17)43-4)8-9-20-25(21)31(40)35(30(20)39)18-7-5-6-16(10-18)32(41)42/h5-8,10-12,20-22,25-26,37H,9,13H2,1-4H3,(H,41,42)/t20-,21+,22-,25-,26-,33+/m0/s1. The Hall–Kier alpha value is -4.24. The van der Waals surface area contributed by atoms with E-state index in [4.69, 9.17) is 16.3 Å². The molecule has 3 aliphatic carbocycles. The minimum atomic E-state index is -1.22. The van der Waals surface area contributed by atoms with Gasteiger partial charge < -0.3 is 14.9 Å². The van der Waals surface area contributed by atoms with E-state index in [9.17, 15) is 34.2 Å². The van der Waals surface area contributed by atoms with Crippen LogP contribution in [0.1, 0.15) is 55.5 Å². The molecule has 4 aliphatic rings. The predicted octanol–water partition coefficient (Wildman–Crippen LogP) is 5.10. The third-order valence-corrected chi connectivity index (χ3v) is 10.4. The minimum Gasteiger partial charge on any atom is -0.503 e. The second-order valence-electron chi connectivity index (χ2n) is 12.0. The van der Waals surface area contributed by atoms with Gasteiger partial charge in [0.25, 0.3) is 0 Å². The van der Waals surface area contributed by atoms with Gasteiger partial charge in [-0.1, -0.05) is 36.2 Å². The molecule has 0 spiro atoms. The molecule has 0 bridgehead atoms. The lowest BCUT2D eigenvalue weighted by molar-refractivity contribution is -0.142. The van der Waals surface area contributed by atoms with E-state index >= 15 is 0 Å². The number of nitrogens with zero attached hydrogens (tertiary/aromatic N) is 1. The molecule has 10 heteroatoms. The molecule has 43 heavy (non-hydrogen) atoms. The van der Waals surface area contributed by atoms with Crippen molar-refractivity contribution in [1.29, 1.82) is 0 Å². The molecule has 6 rings (SSSR count). The number of halogens is 1. The van der Waals surface area contributed by atoms with Gasteiger partial charge in [-0.3, -0.25) is 24.1 Å². The molecule has 0 aromatic heterocycles. The first-order valence-electron chi connectivity index (χ1n) is 14.1. The fourth-order valence-corrected chi connectivity index (χ4v) is 8.13. The number of benzene rings is 2. The molecule has 2 aromatic carbocycles. The lowest BCUT2D eigenvalue weighted by atomic mass is 9.46. The molecule has 1 aliphatic heterocycles. The Morgan fingerprint density at radius 1 is 1.05 bits per heavy atom. The maximum atomic E-state index is 14.1. The number of hydrogen-bond acceptors (Lipinski definition) is 7. The van der Waals surface area contributed by atoms with Crippen LogP contribution in [0.25, 0.3) is 0 Å². The van der Waals surface area contributed by atoms with E-state index in [0.717, 1.165) is 10.5 Å². The summed E-state index contributed by atoms with van der Waals surface area (Å²) >= 11 is 6.43. The van der Waals surface area contributed by atoms with Gasteiger partial charge in [-0.25, -0.2) is 4.79 Å². The number of carbonyl (C=O) groups is 5. The molecule has 6 atom stereocenters. The van der Waals surface area contributed by atoms with Crippen LogP contribution < -0.4 is 9.64 Å². The zero-order chi connectivity index (χ0) is 31.1. The molecule has 2 amide bonds. The molecule has 2 N–H and O–H groups in total. The molecule has 1 saturated heterocycles. The third kappa shape index (κ3) is 3.94. The molecule has 0 unspecified atom stereocenters. The average molecular weight is 604 g/mol. The smallest absolute Gasteiger partial charge is 0.335 e. The van der Waals surface area contributed by atoms with Gasteiger partial charge in [0.2, 0.25) is 11.8 Å². The topological polar surface area (TPSA) is 138 Å². The number of hydrogen-bond donors (Lipinski definition) is 2. The Morgan fingerprint density at radius 3 is 2.44 bits per heavy atom. The quantitative estimate of drug-likeness (QED) is 0.363. The van der Waals surface area contributed by atoms with Crippen molar-refractivity contribution in [2.75, 3.05) is 12.0 Å². The number of phenolic OH excluding ortho intramolecular Hbond substituents is 1. The molecule has 222 valence electrons. The predicted molar refractivity (Wildman–Crippen MR) is 156 cm³/mol. The van der Waals surface area contributed by atoms with Gasteiger partial charge in [-0.2, -0.15) is 0 Å². The van der Waals surface area contributed by atoms with E-state index in [-0.39, 0.29) is 52.2 Å². The largest absolute Gasteiger partial charge is 0.503 e. The number of methoxy groups -OCH3 is 1. The van der Waals surface area contributed by atoms with Crippen molar-refractivity contribution in [3.8, 4) is 11.5 Å². The molecule has 1 heterocycles. The Labute approximate surface area is 252 Å². The van der Waals surface area contributed by atoms with Gasteiger partial charge in [0.15, 0.2) is 23.1 Å². The highest BCUT2D eigenvalue weighted by Gasteiger charge is 2.64. The highest BCUT2D eigenvalue weighted by molar-refractivity contribution is 6.32. The Kier molecular flexibility index (Phi) is 6.65. The summed E-state index contributed by atoms with van der Waals surface area (Å²) in [6.45, 7) is 5.07. The molecular formula is C33H30ClNO8. The number of carbonyl (C=O) groups excluding carboxylic acids is 4. The van der Waals surface area contributed by atoms with E-state index in [1.165, 1.54) is 31.4 Å². The maximum Gasteiger partial charge on any atom is 0.335 e. The van der Waals surface area contributed by atoms with Gasteiger partial charge >= 0.3 is 5.97 Å². The van der Waals surface area contributed by atoms with Crippen molar-refractivity contribution in [3.05, 3.63) is 75.3 Å². The molecule has 2 fully saturated rings. The Bertz CT molecular complexity index is 1720. The summed E-state index contributed by atoms with van der Waals surface area (Å²) in [5, 5.41) is 20.0. The zero-order valence-corrected chi connectivity index (χ0v) is 24.8. The highest BCUT2D eigenvalue weighted by Crippen LogP contribution is 2.63. The van der Waals surface area contributed by atoms with Crippen LogP contribution in [-0.4, -0.2) is 46.7 Å². The van der Waals surface area contributed by atoms with Crippen molar-refractivity contribution < 1.29 is 38.9 Å². The minimum absolute atomic E-state index is 0.0144. The summed E-state index contributed by atoms with van der Waals surface area (Å²) in [6, 6.07) is 8.86. The number of aromatic carboxylic acids is 1. The first-order valence-corrected chi connectivity index (χ1v) is 14.4. The average Bonchev–Trinajstić information content (AvgIpc) is 3.25.